The number of benzene rings is 1. The van der Waals surface area contributed by atoms with Crippen molar-refractivity contribution < 1.29 is 28.5 Å². The fourth-order valence-electron chi connectivity index (χ4n) is 4.68. The van der Waals surface area contributed by atoms with Gasteiger partial charge in [0.1, 0.15) is 12.4 Å². The van der Waals surface area contributed by atoms with Gasteiger partial charge in [-0.15, -0.1) is 0 Å². The van der Waals surface area contributed by atoms with E-state index < -0.39 is 5.66 Å². The van der Waals surface area contributed by atoms with Gasteiger partial charge in [-0.05, 0) is 69.4 Å². The number of carbonyl (C=O) groups is 1. The highest BCUT2D eigenvalue weighted by Gasteiger charge is 2.26. The van der Waals surface area contributed by atoms with Crippen LogP contribution >= 0.6 is 9.24 Å². The maximum atomic E-state index is 13.5. The lowest BCUT2D eigenvalue weighted by atomic mass is 9.99. The van der Waals surface area contributed by atoms with E-state index in [4.69, 9.17) is 16.2 Å². The Bertz CT molecular complexity index is 1050. The Morgan fingerprint density at radius 2 is 1.87 bits per heavy atom. The quantitative estimate of drug-likeness (QED) is 0.244. The van der Waals surface area contributed by atoms with Crippen molar-refractivity contribution in [1.82, 2.24) is 15.1 Å². The first-order valence-electron chi connectivity index (χ1n) is 12.9. The van der Waals surface area contributed by atoms with Gasteiger partial charge in [-0.25, -0.2) is 4.79 Å². The van der Waals surface area contributed by atoms with E-state index in [1.165, 1.54) is 21.4 Å². The molecule has 12 heteroatoms. The molecule has 9 nitrogen and oxygen atoms in total. The molecular formula is C26H40F2N5O4P. The average molecular weight is 556 g/mol. The topological polar surface area (TPSA) is 137 Å². The van der Waals surface area contributed by atoms with Crippen LogP contribution < -0.4 is 16.8 Å². The number of carbonyl (C=O) groups excluding carboxylic acids is 1. The van der Waals surface area contributed by atoms with Crippen molar-refractivity contribution in [2.75, 3.05) is 39.3 Å². The summed E-state index contributed by atoms with van der Waals surface area (Å²) < 4.78 is 32.5. The second-order valence-electron chi connectivity index (χ2n) is 10.0. The number of likely N-dealkylation sites (tertiary alicyclic amines) is 2. The number of alkyl halides is 2. The van der Waals surface area contributed by atoms with Gasteiger partial charge in [-0.3, -0.25) is 4.90 Å². The number of amides is 1. The third-order valence-corrected chi connectivity index (χ3v) is 7.60. The molecule has 3 rings (SSSR count). The van der Waals surface area contributed by atoms with Crippen LogP contribution in [0.2, 0.25) is 0 Å². The van der Waals surface area contributed by atoms with Gasteiger partial charge in [0.15, 0.2) is 0 Å². The Balaban J connectivity index is 1.56. The van der Waals surface area contributed by atoms with Gasteiger partial charge < -0.3 is 36.6 Å². The molecule has 212 valence electrons. The summed E-state index contributed by atoms with van der Waals surface area (Å²) in [5, 5.41) is 23.2. The Labute approximate surface area is 225 Å². The number of aromatic hydroxyl groups is 1. The summed E-state index contributed by atoms with van der Waals surface area (Å²) in [6, 6.07) is 3.70. The number of hydrogen-bond donors (Lipinski definition) is 5. The molecule has 0 aliphatic carbocycles. The van der Waals surface area contributed by atoms with Crippen LogP contribution in [0, 0.1) is 0 Å². The molecule has 1 amide bonds. The van der Waals surface area contributed by atoms with E-state index in [1.807, 2.05) is 6.92 Å². The number of nitrogens with one attached hydrogen (secondary N) is 1. The number of piperidine rings is 2. The molecule has 1 aromatic carbocycles. The van der Waals surface area contributed by atoms with E-state index in [0.717, 1.165) is 32.0 Å². The number of halogens is 2. The number of ether oxygens (including phenoxy) is 1. The SMILES string of the molecule is CC(=C(/N)c1ccc(C(F)(F)P)cc1O)/C(C)=C(\N)NC1CCCN(CCOC(=O)N2CCC(O)CC2)C1. The Kier molecular flexibility index (Phi) is 10.2. The van der Waals surface area contributed by atoms with Crippen molar-refractivity contribution in [2.45, 2.75) is 57.3 Å². The average Bonchev–Trinajstić information content (AvgIpc) is 2.87. The summed E-state index contributed by atoms with van der Waals surface area (Å²) in [5.74, 6) is 0.117. The highest BCUT2D eigenvalue weighted by molar-refractivity contribution is 7.17. The molecule has 38 heavy (non-hydrogen) atoms. The number of nitrogens with two attached hydrogens (primary N) is 2. The van der Waals surface area contributed by atoms with Crippen LogP contribution in [0.15, 0.2) is 35.2 Å². The number of aliphatic hydroxyl groups is 1. The second kappa shape index (κ2) is 13.0. The van der Waals surface area contributed by atoms with E-state index in [0.29, 0.717) is 49.4 Å². The number of allylic oxidation sites excluding steroid dienone is 2. The molecule has 2 fully saturated rings. The second-order valence-corrected chi connectivity index (χ2v) is 10.8. The minimum absolute atomic E-state index is 0.0870. The minimum Gasteiger partial charge on any atom is -0.507 e. The van der Waals surface area contributed by atoms with E-state index in [9.17, 15) is 23.8 Å². The summed E-state index contributed by atoms with van der Waals surface area (Å²) in [6.45, 7) is 7.12. The first-order chi connectivity index (χ1) is 17.9. The smallest absolute Gasteiger partial charge is 0.409 e. The standard InChI is InChI=1S/C26H40F2N5O4P/c1-16(23(29)21-6-5-18(14-22(21)35)26(27,28)38)17(2)24(30)31-19-4-3-9-32(15-19)12-13-37-25(36)33-10-7-20(34)8-11-33/h5-6,14,19-20,31,34-35H,3-4,7-13,15,29-30,38H2,1-2H3/b23-16-,24-17+. The summed E-state index contributed by atoms with van der Waals surface area (Å²) in [6.07, 6.45) is 2.35. The Hall–Kier alpha value is -2.62. The largest absolute Gasteiger partial charge is 0.507 e. The zero-order chi connectivity index (χ0) is 28.0. The summed E-state index contributed by atoms with van der Waals surface area (Å²) in [7, 11) is 1.45. The Morgan fingerprint density at radius 3 is 2.50 bits per heavy atom. The van der Waals surface area contributed by atoms with Crippen molar-refractivity contribution in [1.29, 1.82) is 0 Å². The molecular weight excluding hydrogens is 515 g/mol. The normalized spacial score (nSPS) is 21.0. The van der Waals surface area contributed by atoms with Crippen molar-refractivity contribution in [3.63, 3.8) is 0 Å². The predicted molar refractivity (Wildman–Crippen MR) is 146 cm³/mol. The molecule has 0 saturated carbocycles. The minimum atomic E-state index is -3.15. The number of aliphatic hydroxyl groups excluding tert-OH is 1. The number of nitrogens with zero attached hydrogens (tertiary/aromatic N) is 2. The van der Waals surface area contributed by atoms with Crippen molar-refractivity contribution in [3.8, 4) is 5.75 Å². The van der Waals surface area contributed by atoms with E-state index in [1.54, 1.807) is 11.8 Å². The number of phenolic OH excluding ortho intramolecular Hbond substituents is 1. The fourth-order valence-corrected chi connectivity index (χ4v) is 4.86. The first kappa shape index (κ1) is 29.9. The van der Waals surface area contributed by atoms with Crippen molar-refractivity contribution >= 4 is 21.0 Å². The molecule has 0 bridgehead atoms. The first-order valence-corrected chi connectivity index (χ1v) is 13.5. The Morgan fingerprint density at radius 1 is 1.18 bits per heavy atom. The van der Waals surface area contributed by atoms with Crippen LogP contribution in [0.1, 0.15) is 50.7 Å². The van der Waals surface area contributed by atoms with Gasteiger partial charge in [0.25, 0.3) is 5.66 Å². The highest BCUT2D eigenvalue weighted by atomic mass is 31.0. The van der Waals surface area contributed by atoms with Gasteiger partial charge in [0.05, 0.1) is 11.9 Å². The molecule has 1 aromatic rings. The van der Waals surface area contributed by atoms with Crippen LogP contribution in [-0.2, 0) is 10.4 Å². The van der Waals surface area contributed by atoms with Crippen LogP contribution in [0.4, 0.5) is 13.6 Å². The van der Waals surface area contributed by atoms with E-state index in [2.05, 4.69) is 10.2 Å². The third kappa shape index (κ3) is 7.94. The number of rotatable bonds is 8. The molecule has 7 N–H and O–H groups in total. The summed E-state index contributed by atoms with van der Waals surface area (Å²) in [4.78, 5) is 16.1. The summed E-state index contributed by atoms with van der Waals surface area (Å²) >= 11 is 0. The summed E-state index contributed by atoms with van der Waals surface area (Å²) in [5.41, 5.74) is 11.0. The zero-order valence-electron chi connectivity index (χ0n) is 22.1. The molecule has 0 aromatic heterocycles. The third-order valence-electron chi connectivity index (χ3n) is 7.26. The van der Waals surface area contributed by atoms with Gasteiger partial charge in [0.2, 0.25) is 0 Å². The van der Waals surface area contributed by atoms with Gasteiger partial charge >= 0.3 is 6.09 Å². The lowest BCUT2D eigenvalue weighted by Crippen LogP contribution is -2.48. The van der Waals surface area contributed by atoms with Crippen LogP contribution in [-0.4, -0.2) is 77.6 Å². The van der Waals surface area contributed by atoms with Gasteiger partial charge in [-0.1, -0.05) is 15.3 Å². The molecule has 0 spiro atoms. The van der Waals surface area contributed by atoms with Crippen molar-refractivity contribution in [2.24, 2.45) is 11.5 Å². The van der Waals surface area contributed by atoms with E-state index in [-0.39, 0.29) is 47.4 Å². The number of hydrogen-bond acceptors (Lipinski definition) is 8. The molecule has 0 radical (unpaired) electrons. The van der Waals surface area contributed by atoms with E-state index >= 15 is 0 Å². The molecule has 2 unspecified atom stereocenters. The zero-order valence-corrected chi connectivity index (χ0v) is 23.2. The molecule has 2 aliphatic heterocycles. The predicted octanol–water partition coefficient (Wildman–Crippen LogP) is 2.84. The number of phenols is 1. The molecule has 2 aliphatic rings. The van der Waals surface area contributed by atoms with Crippen LogP contribution in [0.3, 0.4) is 0 Å². The van der Waals surface area contributed by atoms with Crippen molar-refractivity contribution in [3.05, 3.63) is 46.3 Å². The highest BCUT2D eigenvalue weighted by Crippen LogP contribution is 2.38. The van der Waals surface area contributed by atoms with Crippen LogP contribution in [0.25, 0.3) is 5.70 Å². The lowest BCUT2D eigenvalue weighted by molar-refractivity contribution is 0.0525. The van der Waals surface area contributed by atoms with Crippen LogP contribution in [0.5, 0.6) is 5.75 Å². The molecule has 2 saturated heterocycles. The maximum Gasteiger partial charge on any atom is 0.409 e. The van der Waals surface area contributed by atoms with Gasteiger partial charge in [0, 0.05) is 49.0 Å². The molecule has 2 atom stereocenters. The molecule has 2 heterocycles. The lowest BCUT2D eigenvalue weighted by Gasteiger charge is -2.34. The monoisotopic (exact) mass is 555 g/mol. The van der Waals surface area contributed by atoms with Gasteiger partial charge in [-0.2, -0.15) is 8.78 Å². The maximum absolute atomic E-state index is 13.5. The fraction of sp³-hybridized carbons (Fsp3) is 0.577.